The van der Waals surface area contributed by atoms with Gasteiger partial charge in [0.2, 0.25) is 0 Å². The highest BCUT2D eigenvalue weighted by atomic mass is 16.5. The Morgan fingerprint density at radius 2 is 1.62 bits per heavy atom. The molecule has 0 heterocycles. The first-order chi connectivity index (χ1) is 10.2. The van der Waals surface area contributed by atoms with E-state index in [0.717, 1.165) is 0 Å². The molecule has 2 aromatic carbocycles. The van der Waals surface area contributed by atoms with Crippen molar-refractivity contribution < 1.29 is 9.53 Å². The molecule has 1 aliphatic carbocycles. The standard InChI is InChI=1S/C18H17NO2/c1-12(2)19-18(20)21-11-17-15-9-5-3-7-13(15)14-8-4-6-10-16(14)17/h3-10,17H,1,11H2,2H3,(H,19,20). The summed E-state index contributed by atoms with van der Waals surface area (Å²) >= 11 is 0. The highest BCUT2D eigenvalue weighted by Gasteiger charge is 2.28. The van der Waals surface area contributed by atoms with Gasteiger partial charge >= 0.3 is 6.09 Å². The number of nitrogens with one attached hydrogen (secondary N) is 1. The largest absolute Gasteiger partial charge is 0.448 e. The lowest BCUT2D eigenvalue weighted by molar-refractivity contribution is 0.146. The molecule has 0 aliphatic heterocycles. The van der Waals surface area contributed by atoms with Gasteiger partial charge in [0.1, 0.15) is 6.61 Å². The fourth-order valence-electron chi connectivity index (χ4n) is 2.81. The molecule has 106 valence electrons. The molecule has 3 rings (SSSR count). The highest BCUT2D eigenvalue weighted by Crippen LogP contribution is 2.44. The molecule has 0 bridgehead atoms. The lowest BCUT2D eigenvalue weighted by Crippen LogP contribution is -2.24. The van der Waals surface area contributed by atoms with E-state index in [1.54, 1.807) is 6.92 Å². The molecule has 0 fully saturated rings. The van der Waals surface area contributed by atoms with Crippen LogP contribution in [0.25, 0.3) is 11.1 Å². The maximum atomic E-state index is 11.6. The topological polar surface area (TPSA) is 38.3 Å². The number of amides is 1. The second-order valence-corrected chi connectivity index (χ2v) is 5.23. The summed E-state index contributed by atoms with van der Waals surface area (Å²) in [5.74, 6) is 0.0910. The number of benzene rings is 2. The molecule has 0 radical (unpaired) electrons. The van der Waals surface area contributed by atoms with Gasteiger partial charge in [-0.05, 0) is 29.2 Å². The quantitative estimate of drug-likeness (QED) is 0.920. The molecule has 0 spiro atoms. The van der Waals surface area contributed by atoms with Gasteiger partial charge in [-0.25, -0.2) is 4.79 Å². The van der Waals surface area contributed by atoms with Crippen LogP contribution in [0.1, 0.15) is 24.0 Å². The molecule has 2 aromatic rings. The Labute approximate surface area is 124 Å². The first kappa shape index (κ1) is 13.4. The summed E-state index contributed by atoms with van der Waals surface area (Å²) in [7, 11) is 0. The minimum Gasteiger partial charge on any atom is -0.448 e. The van der Waals surface area contributed by atoms with Gasteiger partial charge in [0.25, 0.3) is 0 Å². The Balaban J connectivity index is 1.85. The fourth-order valence-corrected chi connectivity index (χ4v) is 2.81. The van der Waals surface area contributed by atoms with E-state index in [1.807, 2.05) is 24.3 Å². The molecule has 0 saturated heterocycles. The van der Waals surface area contributed by atoms with Crippen molar-refractivity contribution in [3.05, 3.63) is 71.9 Å². The second kappa shape index (κ2) is 5.44. The fraction of sp³-hybridized carbons (Fsp3) is 0.167. The number of carbonyl (C=O) groups is 1. The smallest absolute Gasteiger partial charge is 0.411 e. The Bertz CT molecular complexity index is 660. The van der Waals surface area contributed by atoms with Crippen LogP contribution in [-0.4, -0.2) is 12.7 Å². The van der Waals surface area contributed by atoms with Crippen LogP contribution in [0.5, 0.6) is 0 Å². The second-order valence-electron chi connectivity index (χ2n) is 5.23. The van der Waals surface area contributed by atoms with Gasteiger partial charge in [-0.2, -0.15) is 0 Å². The van der Waals surface area contributed by atoms with Gasteiger partial charge in [0, 0.05) is 11.6 Å². The van der Waals surface area contributed by atoms with E-state index in [2.05, 4.69) is 36.2 Å². The molecule has 21 heavy (non-hydrogen) atoms. The molecule has 1 aliphatic rings. The Hall–Kier alpha value is -2.55. The van der Waals surface area contributed by atoms with Crippen LogP contribution in [0.4, 0.5) is 4.79 Å². The van der Waals surface area contributed by atoms with E-state index >= 15 is 0 Å². The summed E-state index contributed by atoms with van der Waals surface area (Å²) in [4.78, 5) is 11.6. The zero-order valence-electron chi connectivity index (χ0n) is 11.9. The third kappa shape index (κ3) is 2.55. The summed E-state index contributed by atoms with van der Waals surface area (Å²) in [6.07, 6.45) is -0.454. The van der Waals surface area contributed by atoms with Crippen LogP contribution in [0.15, 0.2) is 60.8 Å². The molecule has 1 amide bonds. The first-order valence-electron chi connectivity index (χ1n) is 6.94. The van der Waals surface area contributed by atoms with Crippen molar-refractivity contribution in [1.29, 1.82) is 0 Å². The number of carbonyl (C=O) groups excluding carboxylic acids is 1. The van der Waals surface area contributed by atoms with Gasteiger partial charge in [-0.3, -0.25) is 5.32 Å². The Morgan fingerprint density at radius 3 is 2.14 bits per heavy atom. The van der Waals surface area contributed by atoms with Crippen LogP contribution in [0.2, 0.25) is 0 Å². The molecule has 3 heteroatoms. The molecule has 1 N–H and O–H groups in total. The van der Waals surface area contributed by atoms with E-state index in [0.29, 0.717) is 12.3 Å². The van der Waals surface area contributed by atoms with Crippen molar-refractivity contribution in [2.75, 3.05) is 6.61 Å². The van der Waals surface area contributed by atoms with E-state index in [1.165, 1.54) is 22.3 Å². The number of rotatable bonds is 3. The molecule has 0 atom stereocenters. The van der Waals surface area contributed by atoms with Crippen molar-refractivity contribution in [2.24, 2.45) is 0 Å². The molecule has 0 unspecified atom stereocenters. The average Bonchev–Trinajstić information content (AvgIpc) is 2.79. The van der Waals surface area contributed by atoms with Crippen LogP contribution < -0.4 is 5.32 Å². The zero-order chi connectivity index (χ0) is 14.8. The summed E-state index contributed by atoms with van der Waals surface area (Å²) in [5.41, 5.74) is 5.44. The van der Waals surface area contributed by atoms with Crippen molar-refractivity contribution >= 4 is 6.09 Å². The van der Waals surface area contributed by atoms with E-state index < -0.39 is 6.09 Å². The molecular formula is C18H17NO2. The third-order valence-corrected chi connectivity index (χ3v) is 3.66. The number of ether oxygens (including phenoxy) is 1. The number of alkyl carbamates (subject to hydrolysis) is 1. The van der Waals surface area contributed by atoms with Crippen LogP contribution in [-0.2, 0) is 4.74 Å². The van der Waals surface area contributed by atoms with Gasteiger partial charge in [-0.15, -0.1) is 0 Å². The lowest BCUT2D eigenvalue weighted by atomic mass is 9.98. The number of fused-ring (bicyclic) bond motifs is 3. The predicted octanol–water partition coefficient (Wildman–Crippen LogP) is 4.06. The number of allylic oxidation sites excluding steroid dienone is 1. The van der Waals surface area contributed by atoms with Gasteiger partial charge in [0.05, 0.1) is 0 Å². The number of hydrogen-bond acceptors (Lipinski definition) is 2. The summed E-state index contributed by atoms with van der Waals surface area (Å²) in [5, 5.41) is 2.56. The lowest BCUT2D eigenvalue weighted by Gasteiger charge is -2.14. The van der Waals surface area contributed by atoms with Crippen molar-refractivity contribution in [3.8, 4) is 11.1 Å². The van der Waals surface area contributed by atoms with E-state index in [9.17, 15) is 4.79 Å². The van der Waals surface area contributed by atoms with Gasteiger partial charge < -0.3 is 4.74 Å². The Kier molecular flexibility index (Phi) is 3.48. The molecular weight excluding hydrogens is 262 g/mol. The van der Waals surface area contributed by atoms with Crippen LogP contribution in [0.3, 0.4) is 0 Å². The molecule has 0 saturated carbocycles. The maximum Gasteiger partial charge on any atom is 0.411 e. The van der Waals surface area contributed by atoms with E-state index in [-0.39, 0.29) is 5.92 Å². The summed E-state index contributed by atoms with van der Waals surface area (Å²) < 4.78 is 5.34. The minimum atomic E-state index is -0.454. The van der Waals surface area contributed by atoms with Crippen molar-refractivity contribution in [3.63, 3.8) is 0 Å². The molecule has 0 aromatic heterocycles. The predicted molar refractivity (Wildman–Crippen MR) is 83.0 cm³/mol. The zero-order valence-corrected chi connectivity index (χ0v) is 11.9. The summed E-state index contributed by atoms with van der Waals surface area (Å²) in [6, 6.07) is 16.5. The van der Waals surface area contributed by atoms with Crippen molar-refractivity contribution in [2.45, 2.75) is 12.8 Å². The SMILES string of the molecule is C=C(C)NC(=O)OCC1c2ccccc2-c2ccccc21. The van der Waals surface area contributed by atoms with Gasteiger partial charge in [-0.1, -0.05) is 55.1 Å². The van der Waals surface area contributed by atoms with Crippen molar-refractivity contribution in [1.82, 2.24) is 5.32 Å². The Morgan fingerprint density at radius 1 is 1.10 bits per heavy atom. The van der Waals surface area contributed by atoms with E-state index in [4.69, 9.17) is 4.74 Å². The summed E-state index contributed by atoms with van der Waals surface area (Å²) in [6.45, 7) is 5.68. The maximum absolute atomic E-state index is 11.6. The number of hydrogen-bond donors (Lipinski definition) is 1. The monoisotopic (exact) mass is 279 g/mol. The average molecular weight is 279 g/mol. The third-order valence-electron chi connectivity index (χ3n) is 3.66. The van der Waals surface area contributed by atoms with Gasteiger partial charge in [0.15, 0.2) is 0 Å². The molecule has 3 nitrogen and oxygen atoms in total. The minimum absolute atomic E-state index is 0.0910. The highest BCUT2D eigenvalue weighted by molar-refractivity contribution is 5.79. The normalized spacial score (nSPS) is 12.4. The first-order valence-corrected chi connectivity index (χ1v) is 6.94. The van der Waals surface area contributed by atoms with Crippen LogP contribution >= 0.6 is 0 Å². The van der Waals surface area contributed by atoms with Crippen LogP contribution in [0, 0.1) is 0 Å².